The van der Waals surface area contributed by atoms with Crippen molar-refractivity contribution in [2.75, 3.05) is 25.1 Å². The number of esters is 1. The van der Waals surface area contributed by atoms with Crippen LogP contribution in [0.25, 0.3) is 0 Å². The molecule has 2 amide bonds. The Labute approximate surface area is 152 Å². The van der Waals surface area contributed by atoms with Crippen molar-refractivity contribution in [3.8, 4) is 0 Å². The van der Waals surface area contributed by atoms with Crippen molar-refractivity contribution in [2.24, 2.45) is 11.8 Å². The summed E-state index contributed by atoms with van der Waals surface area (Å²) < 4.78 is 10.5. The number of benzene rings is 1. The van der Waals surface area contributed by atoms with Crippen LogP contribution in [0.2, 0.25) is 0 Å². The molecule has 3 atom stereocenters. The lowest BCUT2D eigenvalue weighted by molar-refractivity contribution is -0.125. The molecular formula is C19H24N2O5. The Balaban J connectivity index is 1.52. The average Bonchev–Trinajstić information content (AvgIpc) is 3.28. The number of nitrogens with one attached hydrogen (secondary N) is 2. The van der Waals surface area contributed by atoms with Gasteiger partial charge in [0.25, 0.3) is 0 Å². The van der Waals surface area contributed by atoms with Gasteiger partial charge in [-0.1, -0.05) is 12.1 Å². The lowest BCUT2D eigenvalue weighted by Gasteiger charge is -2.11. The Morgan fingerprint density at radius 1 is 1.19 bits per heavy atom. The summed E-state index contributed by atoms with van der Waals surface area (Å²) in [7, 11) is 0. The number of hydrogen-bond acceptors (Lipinski definition) is 5. The molecule has 26 heavy (non-hydrogen) atoms. The quantitative estimate of drug-likeness (QED) is 0.723. The van der Waals surface area contributed by atoms with Crippen molar-refractivity contribution in [1.29, 1.82) is 0 Å². The van der Waals surface area contributed by atoms with Crippen molar-refractivity contribution in [2.45, 2.75) is 32.3 Å². The van der Waals surface area contributed by atoms with Crippen LogP contribution in [0.4, 0.5) is 5.69 Å². The minimum atomic E-state index is -0.481. The van der Waals surface area contributed by atoms with Gasteiger partial charge in [0.15, 0.2) is 0 Å². The topological polar surface area (TPSA) is 93.7 Å². The van der Waals surface area contributed by atoms with Crippen LogP contribution < -0.4 is 10.6 Å². The minimum absolute atomic E-state index is 0.0847. The maximum absolute atomic E-state index is 12.4. The molecule has 3 rings (SSSR count). The van der Waals surface area contributed by atoms with Crippen LogP contribution >= 0.6 is 0 Å². The molecule has 1 heterocycles. The highest BCUT2D eigenvalue weighted by molar-refractivity contribution is 6.04. The van der Waals surface area contributed by atoms with Crippen molar-refractivity contribution >= 4 is 23.5 Å². The summed E-state index contributed by atoms with van der Waals surface area (Å²) in [6.45, 7) is 3.23. The molecule has 2 aliphatic rings. The number of rotatable bonds is 7. The summed E-state index contributed by atoms with van der Waals surface area (Å²) in [4.78, 5) is 36.6. The standard InChI is InChI=1S/C19H24N2O5/c1-2-25-19(24)13-7-3-4-8-16(13)21-18(23)15-10-14(15)17(22)20-11-12-6-5-9-26-12/h3-4,7-8,12,14-15H,2,5-6,9-11H2,1H3,(H,20,22)(H,21,23). The highest BCUT2D eigenvalue weighted by Crippen LogP contribution is 2.39. The van der Waals surface area contributed by atoms with E-state index in [2.05, 4.69) is 10.6 Å². The van der Waals surface area contributed by atoms with Crippen LogP contribution in [0.15, 0.2) is 24.3 Å². The van der Waals surface area contributed by atoms with E-state index in [4.69, 9.17) is 9.47 Å². The number of carbonyl (C=O) groups is 3. The molecule has 0 spiro atoms. The molecule has 1 aromatic carbocycles. The van der Waals surface area contributed by atoms with Crippen LogP contribution in [0.1, 0.15) is 36.5 Å². The predicted octanol–water partition coefficient (Wildman–Crippen LogP) is 1.73. The van der Waals surface area contributed by atoms with E-state index in [0.717, 1.165) is 19.4 Å². The molecule has 0 bridgehead atoms. The molecule has 1 aliphatic carbocycles. The second kappa shape index (κ2) is 8.31. The Morgan fingerprint density at radius 3 is 2.69 bits per heavy atom. The lowest BCUT2D eigenvalue weighted by Crippen LogP contribution is -2.33. The maximum atomic E-state index is 12.4. The average molecular weight is 360 g/mol. The molecule has 0 radical (unpaired) electrons. The van der Waals surface area contributed by atoms with E-state index in [1.807, 2.05) is 0 Å². The monoisotopic (exact) mass is 360 g/mol. The molecule has 3 unspecified atom stereocenters. The van der Waals surface area contributed by atoms with Gasteiger partial charge in [-0.2, -0.15) is 0 Å². The Kier molecular flexibility index (Phi) is 5.88. The Morgan fingerprint density at radius 2 is 1.96 bits per heavy atom. The first-order valence-corrected chi connectivity index (χ1v) is 9.06. The van der Waals surface area contributed by atoms with E-state index in [0.29, 0.717) is 24.2 Å². The van der Waals surface area contributed by atoms with Gasteiger partial charge in [0.2, 0.25) is 11.8 Å². The summed E-state index contributed by atoms with van der Waals surface area (Å²) in [5.41, 5.74) is 0.712. The minimum Gasteiger partial charge on any atom is -0.462 e. The first kappa shape index (κ1) is 18.4. The van der Waals surface area contributed by atoms with Crippen LogP contribution in [-0.2, 0) is 19.1 Å². The van der Waals surface area contributed by atoms with Gasteiger partial charge in [-0.05, 0) is 38.3 Å². The number of amides is 2. The van der Waals surface area contributed by atoms with E-state index in [-0.39, 0.29) is 36.4 Å². The fraction of sp³-hybridized carbons (Fsp3) is 0.526. The van der Waals surface area contributed by atoms with E-state index in [1.54, 1.807) is 31.2 Å². The zero-order chi connectivity index (χ0) is 18.5. The van der Waals surface area contributed by atoms with E-state index in [1.165, 1.54) is 0 Å². The first-order valence-electron chi connectivity index (χ1n) is 9.06. The number of hydrogen-bond donors (Lipinski definition) is 2. The summed E-state index contributed by atoms with van der Waals surface area (Å²) >= 11 is 0. The first-order chi connectivity index (χ1) is 12.6. The summed E-state index contributed by atoms with van der Waals surface area (Å²) in [6.07, 6.45) is 2.58. The molecule has 7 heteroatoms. The number of carbonyl (C=O) groups excluding carboxylic acids is 3. The summed E-state index contributed by atoms with van der Waals surface area (Å²) in [6, 6.07) is 6.70. The van der Waals surface area contributed by atoms with Crippen LogP contribution in [-0.4, -0.2) is 43.6 Å². The second-order valence-electron chi connectivity index (χ2n) is 6.58. The molecule has 1 saturated heterocycles. The lowest BCUT2D eigenvalue weighted by atomic mass is 10.1. The van der Waals surface area contributed by atoms with E-state index < -0.39 is 5.97 Å². The number of para-hydroxylation sites is 1. The van der Waals surface area contributed by atoms with Crippen LogP contribution in [0.3, 0.4) is 0 Å². The van der Waals surface area contributed by atoms with Gasteiger partial charge in [0.1, 0.15) is 0 Å². The molecule has 1 aliphatic heterocycles. The second-order valence-corrected chi connectivity index (χ2v) is 6.58. The van der Waals surface area contributed by atoms with Gasteiger partial charge in [0, 0.05) is 13.2 Å². The molecule has 1 saturated carbocycles. The van der Waals surface area contributed by atoms with Gasteiger partial charge < -0.3 is 20.1 Å². The third-order valence-electron chi connectivity index (χ3n) is 4.67. The molecular weight excluding hydrogens is 336 g/mol. The Hall–Kier alpha value is -2.41. The highest BCUT2D eigenvalue weighted by Gasteiger charge is 2.48. The molecule has 7 nitrogen and oxygen atoms in total. The zero-order valence-electron chi connectivity index (χ0n) is 14.8. The Bertz CT molecular complexity index is 684. The van der Waals surface area contributed by atoms with Crippen LogP contribution in [0, 0.1) is 11.8 Å². The third kappa shape index (κ3) is 4.40. The predicted molar refractivity (Wildman–Crippen MR) is 94.6 cm³/mol. The van der Waals surface area contributed by atoms with Crippen molar-refractivity contribution in [3.63, 3.8) is 0 Å². The molecule has 2 fully saturated rings. The maximum Gasteiger partial charge on any atom is 0.340 e. The van der Waals surface area contributed by atoms with Gasteiger partial charge in [0.05, 0.1) is 35.8 Å². The van der Waals surface area contributed by atoms with E-state index in [9.17, 15) is 14.4 Å². The van der Waals surface area contributed by atoms with Crippen LogP contribution in [0.5, 0.6) is 0 Å². The van der Waals surface area contributed by atoms with Gasteiger partial charge >= 0.3 is 5.97 Å². The van der Waals surface area contributed by atoms with Gasteiger partial charge in [-0.25, -0.2) is 4.79 Å². The smallest absolute Gasteiger partial charge is 0.340 e. The summed E-state index contributed by atoms with van der Waals surface area (Å²) in [5.74, 6) is -1.52. The number of ether oxygens (including phenoxy) is 2. The van der Waals surface area contributed by atoms with Gasteiger partial charge in [-0.3, -0.25) is 9.59 Å². The van der Waals surface area contributed by atoms with Gasteiger partial charge in [-0.15, -0.1) is 0 Å². The molecule has 0 aromatic heterocycles. The largest absolute Gasteiger partial charge is 0.462 e. The summed E-state index contributed by atoms with van der Waals surface area (Å²) in [5, 5.41) is 5.61. The van der Waals surface area contributed by atoms with Crippen molar-refractivity contribution < 1.29 is 23.9 Å². The number of anilines is 1. The van der Waals surface area contributed by atoms with E-state index >= 15 is 0 Å². The molecule has 1 aromatic rings. The third-order valence-corrected chi connectivity index (χ3v) is 4.67. The zero-order valence-corrected chi connectivity index (χ0v) is 14.8. The highest BCUT2D eigenvalue weighted by atomic mass is 16.5. The fourth-order valence-corrected chi connectivity index (χ4v) is 3.13. The molecule has 2 N–H and O–H groups in total. The molecule has 140 valence electrons. The van der Waals surface area contributed by atoms with Crippen molar-refractivity contribution in [1.82, 2.24) is 5.32 Å². The fourth-order valence-electron chi connectivity index (χ4n) is 3.13. The normalized spacial score (nSPS) is 24.0. The van der Waals surface area contributed by atoms with Crippen molar-refractivity contribution in [3.05, 3.63) is 29.8 Å². The SMILES string of the molecule is CCOC(=O)c1ccccc1NC(=O)C1CC1C(=O)NCC1CCCO1.